The van der Waals surface area contributed by atoms with Crippen LogP contribution in [-0.2, 0) is 22.7 Å². The molecule has 0 bridgehead atoms. The summed E-state index contributed by atoms with van der Waals surface area (Å²) < 4.78 is 11.1. The number of amides is 1. The minimum atomic E-state index is -0.461. The average Bonchev–Trinajstić information content (AvgIpc) is 2.72. The molecule has 3 rings (SSSR count). The maximum Gasteiger partial charge on any atom is 0.237 e. The van der Waals surface area contributed by atoms with Crippen LogP contribution in [0.25, 0.3) is 0 Å². The van der Waals surface area contributed by atoms with Crippen molar-refractivity contribution < 1.29 is 14.3 Å². The maximum atomic E-state index is 12.2. The summed E-state index contributed by atoms with van der Waals surface area (Å²) in [5, 5.41) is 2.94. The number of hydrogen-bond donors (Lipinski definition) is 2. The average molecular weight is 391 g/mol. The fraction of sp³-hybridized carbons (Fsp3) is 0.381. The van der Waals surface area contributed by atoms with Crippen LogP contribution in [0.4, 0.5) is 0 Å². The Morgan fingerprint density at radius 1 is 1.07 bits per heavy atom. The maximum absolute atomic E-state index is 12.2. The molecular weight excluding hydrogens is 364 g/mol. The molecule has 1 heterocycles. The lowest BCUT2D eigenvalue weighted by molar-refractivity contribution is -0.124. The highest BCUT2D eigenvalue weighted by Gasteiger charge is 2.26. The molecular formula is C21H27ClN2O3. The Labute approximate surface area is 166 Å². The molecule has 1 aliphatic rings. The first kappa shape index (κ1) is 21.2. The highest BCUT2D eigenvalue weighted by molar-refractivity contribution is 5.85. The Morgan fingerprint density at radius 3 is 2.37 bits per heavy atom. The third-order valence-electron chi connectivity index (χ3n) is 4.71. The normalized spacial score (nSPS) is 15.4. The monoisotopic (exact) mass is 390 g/mol. The predicted octanol–water partition coefficient (Wildman–Crippen LogP) is 3.06. The van der Waals surface area contributed by atoms with Crippen LogP contribution in [0.5, 0.6) is 5.75 Å². The van der Waals surface area contributed by atoms with E-state index in [0.717, 1.165) is 29.7 Å². The zero-order valence-corrected chi connectivity index (χ0v) is 16.1. The Kier molecular flexibility index (Phi) is 8.58. The largest absolute Gasteiger partial charge is 0.489 e. The highest BCUT2D eigenvalue weighted by atomic mass is 35.5. The van der Waals surface area contributed by atoms with Gasteiger partial charge in [0.25, 0.3) is 0 Å². The number of nitrogens with two attached hydrogens (primary N) is 1. The number of hydrogen-bond acceptors (Lipinski definition) is 4. The molecule has 5 nitrogen and oxygen atoms in total. The number of nitrogens with one attached hydrogen (secondary N) is 1. The van der Waals surface area contributed by atoms with Crippen LogP contribution < -0.4 is 15.8 Å². The van der Waals surface area contributed by atoms with Gasteiger partial charge in [-0.05, 0) is 42.0 Å². The Balaban J connectivity index is 0.00000261. The van der Waals surface area contributed by atoms with Gasteiger partial charge in [0.05, 0.1) is 6.04 Å². The van der Waals surface area contributed by atoms with Crippen LogP contribution in [0.15, 0.2) is 54.6 Å². The summed E-state index contributed by atoms with van der Waals surface area (Å²) in [5.74, 6) is 0.973. The third-order valence-corrected chi connectivity index (χ3v) is 4.71. The SMILES string of the molecule is Cl.NC(C(=O)NCc1ccc(COc2ccccc2)cc1)C1CCOCC1. The molecule has 1 aliphatic heterocycles. The number of ether oxygens (including phenoxy) is 2. The van der Waals surface area contributed by atoms with Gasteiger partial charge in [-0.25, -0.2) is 0 Å². The summed E-state index contributed by atoms with van der Waals surface area (Å²) in [7, 11) is 0. The van der Waals surface area contributed by atoms with Gasteiger partial charge in [-0.3, -0.25) is 4.79 Å². The van der Waals surface area contributed by atoms with Gasteiger partial charge in [-0.15, -0.1) is 12.4 Å². The number of carbonyl (C=O) groups excluding carboxylic acids is 1. The molecule has 2 aromatic rings. The molecule has 0 spiro atoms. The van der Waals surface area contributed by atoms with Gasteiger partial charge in [0.1, 0.15) is 12.4 Å². The van der Waals surface area contributed by atoms with E-state index in [1.807, 2.05) is 54.6 Å². The molecule has 27 heavy (non-hydrogen) atoms. The Hall–Kier alpha value is -2.08. The second-order valence-corrected chi connectivity index (χ2v) is 6.61. The molecule has 3 N–H and O–H groups in total. The van der Waals surface area contributed by atoms with Crippen LogP contribution in [0.2, 0.25) is 0 Å². The lowest BCUT2D eigenvalue weighted by Gasteiger charge is -2.26. The summed E-state index contributed by atoms with van der Waals surface area (Å²) in [6.07, 6.45) is 1.70. The molecule has 1 unspecified atom stereocenters. The van der Waals surface area contributed by atoms with Crippen molar-refractivity contribution in [1.82, 2.24) is 5.32 Å². The molecule has 0 aliphatic carbocycles. The van der Waals surface area contributed by atoms with Gasteiger partial charge in [0.2, 0.25) is 5.91 Å². The number of benzene rings is 2. The van der Waals surface area contributed by atoms with Gasteiger partial charge in [0.15, 0.2) is 0 Å². The molecule has 0 aromatic heterocycles. The number of para-hydroxylation sites is 1. The third kappa shape index (κ3) is 6.54. The van der Waals surface area contributed by atoms with Gasteiger partial charge in [-0.2, -0.15) is 0 Å². The minimum absolute atomic E-state index is 0. The second kappa shape index (κ2) is 10.9. The molecule has 1 atom stereocenters. The van der Waals surface area contributed by atoms with E-state index < -0.39 is 6.04 Å². The van der Waals surface area contributed by atoms with Crippen molar-refractivity contribution in [2.45, 2.75) is 32.0 Å². The first-order chi connectivity index (χ1) is 12.7. The van der Waals surface area contributed by atoms with Crippen molar-refractivity contribution in [3.8, 4) is 5.75 Å². The molecule has 2 aromatic carbocycles. The van der Waals surface area contributed by atoms with Crippen molar-refractivity contribution in [3.63, 3.8) is 0 Å². The van der Waals surface area contributed by atoms with E-state index in [2.05, 4.69) is 5.32 Å². The molecule has 1 saturated heterocycles. The smallest absolute Gasteiger partial charge is 0.237 e. The van der Waals surface area contributed by atoms with Crippen molar-refractivity contribution in [2.75, 3.05) is 13.2 Å². The fourth-order valence-electron chi connectivity index (χ4n) is 3.03. The van der Waals surface area contributed by atoms with Crippen LogP contribution in [0, 0.1) is 5.92 Å². The van der Waals surface area contributed by atoms with Gasteiger partial charge in [0, 0.05) is 19.8 Å². The fourth-order valence-corrected chi connectivity index (χ4v) is 3.03. The lowest BCUT2D eigenvalue weighted by Crippen LogP contribution is -2.46. The van der Waals surface area contributed by atoms with Crippen LogP contribution in [0.1, 0.15) is 24.0 Å². The van der Waals surface area contributed by atoms with E-state index in [-0.39, 0.29) is 24.2 Å². The van der Waals surface area contributed by atoms with Crippen molar-refractivity contribution in [3.05, 3.63) is 65.7 Å². The van der Waals surface area contributed by atoms with Gasteiger partial charge >= 0.3 is 0 Å². The lowest BCUT2D eigenvalue weighted by atomic mass is 9.92. The van der Waals surface area contributed by atoms with E-state index in [9.17, 15) is 4.79 Å². The van der Waals surface area contributed by atoms with Crippen molar-refractivity contribution >= 4 is 18.3 Å². The van der Waals surface area contributed by atoms with E-state index in [4.69, 9.17) is 15.2 Å². The highest BCUT2D eigenvalue weighted by Crippen LogP contribution is 2.18. The molecule has 1 amide bonds. The minimum Gasteiger partial charge on any atom is -0.489 e. The Morgan fingerprint density at radius 2 is 1.70 bits per heavy atom. The summed E-state index contributed by atoms with van der Waals surface area (Å²) in [5.41, 5.74) is 8.22. The summed E-state index contributed by atoms with van der Waals surface area (Å²) in [6, 6.07) is 17.3. The molecule has 0 radical (unpaired) electrons. The number of carbonyl (C=O) groups is 1. The van der Waals surface area contributed by atoms with Crippen molar-refractivity contribution in [2.24, 2.45) is 11.7 Å². The van der Waals surface area contributed by atoms with Crippen LogP contribution >= 0.6 is 12.4 Å². The first-order valence-electron chi connectivity index (χ1n) is 9.09. The molecule has 146 valence electrons. The summed E-state index contributed by atoms with van der Waals surface area (Å²) in [6.45, 7) is 2.39. The van der Waals surface area contributed by atoms with Crippen LogP contribution in [-0.4, -0.2) is 25.2 Å². The summed E-state index contributed by atoms with van der Waals surface area (Å²) >= 11 is 0. The van der Waals surface area contributed by atoms with E-state index in [1.165, 1.54) is 0 Å². The van der Waals surface area contributed by atoms with E-state index >= 15 is 0 Å². The first-order valence-corrected chi connectivity index (χ1v) is 9.09. The molecule has 6 heteroatoms. The zero-order chi connectivity index (χ0) is 18.2. The van der Waals surface area contributed by atoms with Gasteiger partial charge in [-0.1, -0.05) is 42.5 Å². The second-order valence-electron chi connectivity index (χ2n) is 6.61. The van der Waals surface area contributed by atoms with Crippen LogP contribution in [0.3, 0.4) is 0 Å². The van der Waals surface area contributed by atoms with E-state index in [1.54, 1.807) is 0 Å². The van der Waals surface area contributed by atoms with E-state index in [0.29, 0.717) is 26.4 Å². The van der Waals surface area contributed by atoms with Crippen molar-refractivity contribution in [1.29, 1.82) is 0 Å². The quantitative estimate of drug-likeness (QED) is 0.762. The number of rotatable bonds is 7. The summed E-state index contributed by atoms with van der Waals surface area (Å²) in [4.78, 5) is 12.2. The zero-order valence-electron chi connectivity index (χ0n) is 15.3. The number of halogens is 1. The topological polar surface area (TPSA) is 73.6 Å². The molecule has 1 fully saturated rings. The predicted molar refractivity (Wildman–Crippen MR) is 108 cm³/mol. The Bertz CT molecular complexity index is 688. The molecule has 0 saturated carbocycles. The van der Waals surface area contributed by atoms with Gasteiger partial charge < -0.3 is 20.5 Å². The standard InChI is InChI=1S/C21H26N2O3.ClH/c22-20(18-10-12-25-13-11-18)21(24)23-14-16-6-8-17(9-7-16)15-26-19-4-2-1-3-5-19;/h1-9,18,20H,10-15,22H2,(H,23,24);1H.